The van der Waals surface area contributed by atoms with Crippen LogP contribution in [-0.2, 0) is 11.2 Å². The van der Waals surface area contributed by atoms with Gasteiger partial charge in [0.1, 0.15) is 5.01 Å². The first-order valence-electron chi connectivity index (χ1n) is 9.45. The Morgan fingerprint density at radius 1 is 1.06 bits per heavy atom. The van der Waals surface area contributed by atoms with Gasteiger partial charge >= 0.3 is 0 Å². The third kappa shape index (κ3) is 6.76. The number of benzene rings is 2. The fourth-order valence-electron chi connectivity index (χ4n) is 2.61. The number of methoxy groups -OCH3 is 1. The van der Waals surface area contributed by atoms with Gasteiger partial charge in [-0.25, -0.2) is 0 Å². The molecule has 0 aliphatic rings. The number of rotatable bonds is 10. The van der Waals surface area contributed by atoms with Crippen molar-refractivity contribution >= 4 is 51.6 Å². The lowest BCUT2D eigenvalue weighted by molar-refractivity contribution is 0.0953. The molecule has 0 bridgehead atoms. The van der Waals surface area contributed by atoms with Crippen LogP contribution < -0.4 is 10.6 Å². The van der Waals surface area contributed by atoms with Gasteiger partial charge in [-0.05, 0) is 24.3 Å². The molecule has 162 valence electrons. The summed E-state index contributed by atoms with van der Waals surface area (Å²) in [6.45, 7) is 0.985. The van der Waals surface area contributed by atoms with Crippen LogP contribution in [0.3, 0.4) is 0 Å². The number of hydrogen-bond acceptors (Lipinski definition) is 7. The highest BCUT2D eigenvalue weighted by Gasteiger charge is 2.15. The Kier molecular flexibility index (Phi) is 8.84. The van der Waals surface area contributed by atoms with E-state index in [2.05, 4.69) is 20.8 Å². The SMILES string of the molecule is COCCSc1ccccc1C(=O)Nc1nnc(CCNC(=O)c2ccccc2Cl)s1. The molecule has 0 spiro atoms. The third-order valence-electron chi connectivity index (χ3n) is 4.11. The van der Waals surface area contributed by atoms with Crippen LogP contribution in [0, 0.1) is 0 Å². The maximum atomic E-state index is 12.7. The van der Waals surface area contributed by atoms with Gasteiger partial charge in [0.15, 0.2) is 0 Å². The lowest BCUT2D eigenvalue weighted by Crippen LogP contribution is -2.25. The fourth-order valence-corrected chi connectivity index (χ4v) is 4.53. The summed E-state index contributed by atoms with van der Waals surface area (Å²) in [5, 5.41) is 15.3. The second kappa shape index (κ2) is 11.8. The molecule has 10 heteroatoms. The summed E-state index contributed by atoms with van der Waals surface area (Å²) in [4.78, 5) is 25.8. The molecular formula is C21H21ClN4O3S2. The molecule has 3 rings (SSSR count). The standard InChI is InChI=1S/C21H21ClN4O3S2/c1-29-12-13-30-17-9-5-3-7-15(17)20(28)24-21-26-25-18(31-21)10-11-23-19(27)14-6-2-4-8-16(14)22/h2-9H,10-13H2,1H3,(H,23,27)(H,24,26,28). The molecule has 3 aromatic rings. The lowest BCUT2D eigenvalue weighted by atomic mass is 10.2. The summed E-state index contributed by atoms with van der Waals surface area (Å²) in [7, 11) is 1.65. The highest BCUT2D eigenvalue weighted by atomic mass is 35.5. The van der Waals surface area contributed by atoms with Gasteiger partial charge in [0, 0.05) is 30.7 Å². The fraction of sp³-hybridized carbons (Fsp3) is 0.238. The summed E-state index contributed by atoms with van der Waals surface area (Å²) in [6.07, 6.45) is 0.493. The molecule has 0 radical (unpaired) electrons. The normalized spacial score (nSPS) is 10.6. The Morgan fingerprint density at radius 3 is 2.58 bits per heavy atom. The van der Waals surface area contributed by atoms with E-state index >= 15 is 0 Å². The van der Waals surface area contributed by atoms with Gasteiger partial charge in [0.2, 0.25) is 5.13 Å². The molecular weight excluding hydrogens is 456 g/mol. The Balaban J connectivity index is 1.53. The third-order valence-corrected chi connectivity index (χ3v) is 6.37. The number of hydrogen-bond donors (Lipinski definition) is 2. The van der Waals surface area contributed by atoms with Gasteiger partial charge in [0.05, 0.1) is 22.8 Å². The van der Waals surface area contributed by atoms with Crippen LogP contribution in [0.15, 0.2) is 53.4 Å². The quantitative estimate of drug-likeness (QED) is 0.337. The number of ether oxygens (including phenoxy) is 1. The maximum Gasteiger partial charge on any atom is 0.258 e. The van der Waals surface area contributed by atoms with Crippen molar-refractivity contribution in [1.29, 1.82) is 0 Å². The van der Waals surface area contributed by atoms with Crippen LogP contribution >= 0.6 is 34.7 Å². The monoisotopic (exact) mass is 476 g/mol. The Bertz CT molecular complexity index is 1040. The van der Waals surface area contributed by atoms with E-state index in [9.17, 15) is 9.59 Å². The number of nitrogens with zero attached hydrogens (tertiary/aromatic N) is 2. The van der Waals surface area contributed by atoms with Crippen molar-refractivity contribution in [2.45, 2.75) is 11.3 Å². The highest BCUT2D eigenvalue weighted by Crippen LogP contribution is 2.24. The summed E-state index contributed by atoms with van der Waals surface area (Å²) >= 11 is 8.87. The molecule has 2 aromatic carbocycles. The maximum absolute atomic E-state index is 12.7. The number of halogens is 1. The van der Waals surface area contributed by atoms with Crippen molar-refractivity contribution in [1.82, 2.24) is 15.5 Å². The van der Waals surface area contributed by atoms with Crippen molar-refractivity contribution in [3.05, 3.63) is 69.7 Å². The first-order chi connectivity index (χ1) is 15.1. The molecule has 2 amide bonds. The van der Waals surface area contributed by atoms with E-state index in [1.165, 1.54) is 11.3 Å². The minimum absolute atomic E-state index is 0.241. The zero-order valence-corrected chi connectivity index (χ0v) is 19.1. The Morgan fingerprint density at radius 2 is 1.81 bits per heavy atom. The summed E-state index contributed by atoms with van der Waals surface area (Å²) < 4.78 is 5.07. The number of anilines is 1. The summed E-state index contributed by atoms with van der Waals surface area (Å²) in [5.74, 6) is 0.269. The first-order valence-corrected chi connectivity index (χ1v) is 11.6. The molecule has 0 saturated carbocycles. The summed E-state index contributed by atoms with van der Waals surface area (Å²) in [6, 6.07) is 14.3. The average Bonchev–Trinajstić information content (AvgIpc) is 3.21. The minimum atomic E-state index is -0.244. The molecule has 7 nitrogen and oxygen atoms in total. The topological polar surface area (TPSA) is 93.2 Å². The van der Waals surface area contributed by atoms with Crippen LogP contribution in [0.25, 0.3) is 0 Å². The predicted octanol–water partition coefficient (Wildman–Crippen LogP) is 4.15. The van der Waals surface area contributed by atoms with E-state index in [4.69, 9.17) is 16.3 Å². The van der Waals surface area contributed by atoms with E-state index in [-0.39, 0.29) is 11.8 Å². The smallest absolute Gasteiger partial charge is 0.258 e. The molecule has 0 fully saturated rings. The molecule has 1 aromatic heterocycles. The number of aromatic nitrogens is 2. The number of nitrogens with one attached hydrogen (secondary N) is 2. The van der Waals surface area contributed by atoms with Gasteiger partial charge in [-0.3, -0.25) is 14.9 Å². The molecule has 0 atom stereocenters. The van der Waals surface area contributed by atoms with Crippen LogP contribution in [0.2, 0.25) is 5.02 Å². The molecule has 0 unspecified atom stereocenters. The molecule has 1 heterocycles. The zero-order valence-electron chi connectivity index (χ0n) is 16.8. The van der Waals surface area contributed by atoms with E-state index in [1.807, 2.05) is 18.2 Å². The molecule has 0 saturated heterocycles. The molecule has 31 heavy (non-hydrogen) atoms. The van der Waals surface area contributed by atoms with Crippen LogP contribution in [0.4, 0.5) is 5.13 Å². The van der Waals surface area contributed by atoms with Gasteiger partial charge in [-0.2, -0.15) is 0 Å². The Hall–Kier alpha value is -2.46. The molecule has 0 aliphatic carbocycles. The van der Waals surface area contributed by atoms with E-state index in [0.29, 0.717) is 45.9 Å². The van der Waals surface area contributed by atoms with E-state index in [1.54, 1.807) is 49.2 Å². The Labute approximate surface area is 193 Å². The predicted molar refractivity (Wildman–Crippen MR) is 124 cm³/mol. The first kappa shape index (κ1) is 23.2. The van der Waals surface area contributed by atoms with Gasteiger partial charge in [0.25, 0.3) is 11.8 Å². The number of amides is 2. The van der Waals surface area contributed by atoms with Crippen LogP contribution in [0.5, 0.6) is 0 Å². The largest absolute Gasteiger partial charge is 0.384 e. The van der Waals surface area contributed by atoms with Gasteiger partial charge in [-0.1, -0.05) is 47.2 Å². The number of thioether (sulfide) groups is 1. The van der Waals surface area contributed by atoms with Gasteiger partial charge in [-0.15, -0.1) is 22.0 Å². The second-order valence-electron chi connectivity index (χ2n) is 6.28. The van der Waals surface area contributed by atoms with Crippen molar-refractivity contribution < 1.29 is 14.3 Å². The van der Waals surface area contributed by atoms with Crippen molar-refractivity contribution in [3.63, 3.8) is 0 Å². The lowest BCUT2D eigenvalue weighted by Gasteiger charge is -2.08. The van der Waals surface area contributed by atoms with Gasteiger partial charge < -0.3 is 10.1 Å². The zero-order chi connectivity index (χ0) is 22.1. The second-order valence-corrected chi connectivity index (χ2v) is 8.88. The van der Waals surface area contributed by atoms with Crippen molar-refractivity contribution in [2.24, 2.45) is 0 Å². The molecule has 0 aliphatic heterocycles. The van der Waals surface area contributed by atoms with Crippen molar-refractivity contribution in [2.75, 3.05) is 31.3 Å². The number of carbonyl (C=O) groups is 2. The van der Waals surface area contributed by atoms with Crippen molar-refractivity contribution in [3.8, 4) is 0 Å². The summed E-state index contributed by atoms with van der Waals surface area (Å²) in [5.41, 5.74) is 1.00. The minimum Gasteiger partial charge on any atom is -0.384 e. The van der Waals surface area contributed by atoms with E-state index in [0.717, 1.165) is 10.6 Å². The number of carbonyl (C=O) groups excluding carboxylic acids is 2. The van der Waals surface area contributed by atoms with E-state index < -0.39 is 0 Å². The highest BCUT2D eigenvalue weighted by molar-refractivity contribution is 7.99. The molecule has 2 N–H and O–H groups in total. The van der Waals surface area contributed by atoms with Crippen LogP contribution in [-0.4, -0.2) is 48.0 Å². The van der Waals surface area contributed by atoms with Crippen LogP contribution in [0.1, 0.15) is 25.7 Å². The average molecular weight is 477 g/mol.